The van der Waals surface area contributed by atoms with Crippen LogP contribution in [-0.4, -0.2) is 32.8 Å². The quantitative estimate of drug-likeness (QED) is 0.917. The second kappa shape index (κ2) is 5.12. The third-order valence-corrected chi connectivity index (χ3v) is 3.29. The third kappa shape index (κ3) is 2.56. The molecule has 2 aromatic rings. The molecule has 0 aliphatic carbocycles. The number of carbonyl (C=O) groups is 1. The fourth-order valence-corrected chi connectivity index (χ4v) is 2.24. The molecule has 0 saturated carbocycles. The highest BCUT2D eigenvalue weighted by Gasteiger charge is 2.25. The number of tetrazole rings is 1. The predicted molar refractivity (Wildman–Crippen MR) is 74.7 cm³/mol. The molecule has 1 aromatic heterocycles. The molecule has 1 aliphatic heterocycles. The van der Waals surface area contributed by atoms with Gasteiger partial charge >= 0.3 is 6.03 Å². The number of fused-ring (bicyclic) bond motifs is 1. The smallest absolute Gasteiger partial charge is 0.294 e. The molecule has 3 rings (SSSR count). The molecule has 7 nitrogen and oxygen atoms in total. The molecule has 1 aromatic carbocycles. The van der Waals surface area contributed by atoms with Gasteiger partial charge in [0.15, 0.2) is 0 Å². The van der Waals surface area contributed by atoms with E-state index < -0.39 is 0 Å². The number of anilines is 2. The Morgan fingerprint density at radius 2 is 2.24 bits per heavy atom. The van der Waals surface area contributed by atoms with Crippen LogP contribution in [0.4, 0.5) is 20.8 Å². The highest BCUT2D eigenvalue weighted by atomic mass is 19.1. The minimum absolute atomic E-state index is 0.0682. The van der Waals surface area contributed by atoms with Crippen LogP contribution in [0.25, 0.3) is 0 Å². The van der Waals surface area contributed by atoms with E-state index in [9.17, 15) is 9.18 Å². The Morgan fingerprint density at radius 3 is 2.95 bits per heavy atom. The molecule has 0 atom stereocenters. The minimum atomic E-state index is -0.344. The molecular formula is C13H15FN6O. The summed E-state index contributed by atoms with van der Waals surface area (Å²) in [6.07, 6.45) is 0.632. The van der Waals surface area contributed by atoms with Crippen LogP contribution in [0.5, 0.6) is 0 Å². The zero-order valence-corrected chi connectivity index (χ0v) is 11.7. The van der Waals surface area contributed by atoms with E-state index in [1.165, 1.54) is 16.9 Å². The van der Waals surface area contributed by atoms with Crippen LogP contribution in [0, 0.1) is 5.82 Å². The summed E-state index contributed by atoms with van der Waals surface area (Å²) < 4.78 is 13.2. The second-order valence-corrected chi connectivity index (χ2v) is 5.13. The molecule has 1 aliphatic rings. The summed E-state index contributed by atoms with van der Waals surface area (Å²) in [4.78, 5) is 15.2. The maximum absolute atomic E-state index is 13.2. The average Bonchev–Trinajstić information content (AvgIpc) is 3.04. The van der Waals surface area contributed by atoms with E-state index in [-0.39, 0.29) is 23.8 Å². The number of nitrogens with one attached hydrogen (secondary N) is 1. The standard InChI is InChI=1S/C13H15FN6O/c1-8(2)20-17-12(16-18-20)15-13(21)19-6-5-9-7-10(14)3-4-11(9)19/h3-4,7-8H,5-6H2,1-2H3,(H,15,17,21). The Balaban J connectivity index is 1.75. The summed E-state index contributed by atoms with van der Waals surface area (Å²) in [6.45, 7) is 4.33. The number of amides is 2. The van der Waals surface area contributed by atoms with E-state index in [1.54, 1.807) is 11.0 Å². The molecule has 0 saturated heterocycles. The lowest BCUT2D eigenvalue weighted by Crippen LogP contribution is -2.33. The fraction of sp³-hybridized carbons (Fsp3) is 0.385. The maximum atomic E-state index is 13.2. The summed E-state index contributed by atoms with van der Waals surface area (Å²) in [6, 6.07) is 4.13. The van der Waals surface area contributed by atoms with Crippen molar-refractivity contribution < 1.29 is 9.18 Å². The first-order chi connectivity index (χ1) is 10.0. The number of carbonyl (C=O) groups excluding carboxylic acids is 1. The number of rotatable bonds is 2. The highest BCUT2D eigenvalue weighted by molar-refractivity contribution is 6.02. The van der Waals surface area contributed by atoms with Crippen LogP contribution in [-0.2, 0) is 6.42 Å². The molecule has 0 bridgehead atoms. The van der Waals surface area contributed by atoms with Gasteiger partial charge < -0.3 is 0 Å². The summed E-state index contributed by atoms with van der Waals surface area (Å²) in [5.41, 5.74) is 1.54. The van der Waals surface area contributed by atoms with Crippen molar-refractivity contribution in [1.29, 1.82) is 0 Å². The van der Waals surface area contributed by atoms with Crippen molar-refractivity contribution in [3.8, 4) is 0 Å². The van der Waals surface area contributed by atoms with Crippen LogP contribution >= 0.6 is 0 Å². The van der Waals surface area contributed by atoms with Crippen molar-refractivity contribution in [2.75, 3.05) is 16.8 Å². The zero-order valence-electron chi connectivity index (χ0n) is 11.7. The van der Waals surface area contributed by atoms with Crippen molar-refractivity contribution in [2.24, 2.45) is 0 Å². The molecule has 2 amide bonds. The maximum Gasteiger partial charge on any atom is 0.328 e. The second-order valence-electron chi connectivity index (χ2n) is 5.13. The molecule has 2 heterocycles. The van der Waals surface area contributed by atoms with Gasteiger partial charge in [-0.2, -0.15) is 4.80 Å². The Bertz CT molecular complexity index is 683. The van der Waals surface area contributed by atoms with Gasteiger partial charge in [-0.1, -0.05) is 5.10 Å². The van der Waals surface area contributed by atoms with Gasteiger partial charge in [0.2, 0.25) is 0 Å². The number of nitrogens with zero attached hydrogens (tertiary/aromatic N) is 5. The Morgan fingerprint density at radius 1 is 1.43 bits per heavy atom. The first-order valence-corrected chi connectivity index (χ1v) is 6.71. The van der Waals surface area contributed by atoms with Crippen LogP contribution in [0.3, 0.4) is 0 Å². The van der Waals surface area contributed by atoms with Crippen molar-refractivity contribution in [2.45, 2.75) is 26.3 Å². The molecule has 21 heavy (non-hydrogen) atoms. The largest absolute Gasteiger partial charge is 0.328 e. The molecule has 0 radical (unpaired) electrons. The first-order valence-electron chi connectivity index (χ1n) is 6.71. The summed E-state index contributed by atoms with van der Waals surface area (Å²) >= 11 is 0. The van der Waals surface area contributed by atoms with Gasteiger partial charge in [0.1, 0.15) is 5.82 Å². The predicted octanol–water partition coefficient (Wildman–Crippen LogP) is 1.99. The first kappa shape index (κ1) is 13.5. The van der Waals surface area contributed by atoms with Gasteiger partial charge in [-0.3, -0.25) is 10.2 Å². The van der Waals surface area contributed by atoms with Crippen molar-refractivity contribution >= 4 is 17.7 Å². The fourth-order valence-electron chi connectivity index (χ4n) is 2.24. The Hall–Kier alpha value is -2.51. The molecule has 0 fully saturated rings. The highest BCUT2D eigenvalue weighted by Crippen LogP contribution is 2.28. The van der Waals surface area contributed by atoms with E-state index in [0.717, 1.165) is 5.56 Å². The average molecular weight is 290 g/mol. The van der Waals surface area contributed by atoms with E-state index in [0.29, 0.717) is 18.7 Å². The molecule has 0 spiro atoms. The minimum Gasteiger partial charge on any atom is -0.294 e. The van der Waals surface area contributed by atoms with Gasteiger partial charge in [-0.15, -0.1) is 5.10 Å². The number of aromatic nitrogens is 4. The molecular weight excluding hydrogens is 275 g/mol. The molecule has 0 unspecified atom stereocenters. The lowest BCUT2D eigenvalue weighted by molar-refractivity contribution is 0.257. The monoisotopic (exact) mass is 290 g/mol. The summed E-state index contributed by atoms with van der Waals surface area (Å²) in [5.74, 6) is -0.137. The van der Waals surface area contributed by atoms with Crippen LogP contribution in [0.2, 0.25) is 0 Å². The normalized spacial score (nSPS) is 13.6. The molecule has 1 N–H and O–H groups in total. The molecule has 110 valence electrons. The van der Waals surface area contributed by atoms with Gasteiger partial charge in [0.25, 0.3) is 5.95 Å². The number of urea groups is 1. The summed E-state index contributed by atoms with van der Waals surface area (Å²) in [7, 11) is 0. The number of benzene rings is 1. The SMILES string of the molecule is CC(C)n1nnc(NC(=O)N2CCc3cc(F)ccc32)n1. The third-order valence-electron chi connectivity index (χ3n) is 3.29. The van der Waals surface area contributed by atoms with E-state index >= 15 is 0 Å². The zero-order chi connectivity index (χ0) is 15.0. The Kier molecular flexibility index (Phi) is 3.28. The Labute approximate surface area is 120 Å². The van der Waals surface area contributed by atoms with E-state index in [1.807, 2.05) is 13.8 Å². The number of hydrogen-bond acceptors (Lipinski definition) is 4. The van der Waals surface area contributed by atoms with Gasteiger partial charge in [-0.05, 0) is 49.2 Å². The van der Waals surface area contributed by atoms with Gasteiger partial charge in [0, 0.05) is 12.2 Å². The summed E-state index contributed by atoms with van der Waals surface area (Å²) in [5, 5.41) is 14.3. The van der Waals surface area contributed by atoms with E-state index in [2.05, 4.69) is 20.7 Å². The van der Waals surface area contributed by atoms with Crippen molar-refractivity contribution in [3.63, 3.8) is 0 Å². The van der Waals surface area contributed by atoms with E-state index in [4.69, 9.17) is 0 Å². The topological polar surface area (TPSA) is 75.9 Å². The van der Waals surface area contributed by atoms with Crippen LogP contribution in [0.15, 0.2) is 18.2 Å². The van der Waals surface area contributed by atoms with Crippen molar-refractivity contribution in [1.82, 2.24) is 20.2 Å². The lowest BCUT2D eigenvalue weighted by atomic mass is 10.2. The number of halogens is 1. The molecule has 8 heteroatoms. The number of hydrogen-bond donors (Lipinski definition) is 1. The van der Waals surface area contributed by atoms with Crippen LogP contribution < -0.4 is 10.2 Å². The van der Waals surface area contributed by atoms with Crippen molar-refractivity contribution in [3.05, 3.63) is 29.6 Å². The van der Waals surface area contributed by atoms with Gasteiger partial charge in [-0.25, -0.2) is 9.18 Å². The lowest BCUT2D eigenvalue weighted by Gasteiger charge is -2.16. The van der Waals surface area contributed by atoms with Crippen LogP contribution in [0.1, 0.15) is 25.5 Å². The van der Waals surface area contributed by atoms with Gasteiger partial charge in [0.05, 0.1) is 6.04 Å².